The highest BCUT2D eigenvalue weighted by Gasteiger charge is -0.153. The van der Waals surface area contributed by atoms with Gasteiger partial charge in [0.2, 0.25) is 0 Å². The van der Waals surface area contributed by atoms with Gasteiger partial charge in [-0.15, -0.1) is 0 Å². The van der Waals surface area contributed by atoms with Crippen molar-refractivity contribution < 1.29 is 0 Å². The van der Waals surface area contributed by atoms with Gasteiger partial charge in [0.15, 0.2) is 0 Å². The van der Waals surface area contributed by atoms with Crippen molar-refractivity contribution in [1.29, 1.82) is 0 Å². The average molecular weight is 170 g/mol. The molecule has 0 nitrogen and oxygen atoms in total. The van der Waals surface area contributed by atoms with E-state index in [2.05, 4.69) is 0 Å². The quantitative estimate of drug-likeness (QED) is 0.465. The van der Waals surface area contributed by atoms with Gasteiger partial charge in [-0.1, -0.05) is 0 Å². The van der Waals surface area contributed by atoms with Crippen LogP contribution < -0.4 is 0 Å². The van der Waals surface area contributed by atoms with Crippen LogP contribution in [0.2, 0.25) is 0 Å². The van der Waals surface area contributed by atoms with Gasteiger partial charge >= 0.3 is 0 Å². The van der Waals surface area contributed by atoms with Crippen LogP contribution in [0.4, 0.5) is 0 Å². The molecule has 0 spiro atoms. The molecular weight excluding hydrogens is 159 g/mol. The Morgan fingerprint density at radius 2 is 0.400 bits per heavy atom. The zero-order valence-corrected chi connectivity index (χ0v) is 8.12. The first-order chi connectivity index (χ1) is 0. The van der Waals surface area contributed by atoms with E-state index >= 15 is 0 Å². The predicted molar refractivity (Wildman–Crippen MR) is 52.6 cm³/mol. The van der Waals surface area contributed by atoms with E-state index in [9.17, 15) is 0 Å². The lowest BCUT2D eigenvalue weighted by molar-refractivity contribution is 6.92. The van der Waals surface area contributed by atoms with Gasteiger partial charge in [-0.3, -0.25) is 0 Å². The normalized spacial score (nSPS) is 0. The van der Waals surface area contributed by atoms with Crippen LogP contribution in [0.25, 0.3) is 0 Å². The summed E-state index contributed by atoms with van der Waals surface area (Å²) in [7, 11) is 0. The largest absolute Gasteiger partial charge is 0.197 e. The van der Waals surface area contributed by atoms with Crippen LogP contribution in [-0.2, 0) is 0 Å². The van der Waals surface area contributed by atoms with Crippen LogP contribution >= 0.6 is 63.9 Å². The molecule has 1 atom stereocenters. The van der Waals surface area contributed by atoms with Gasteiger partial charge in [-0.05, 0) is 0 Å². The average Bonchev–Trinajstić information content (AvgIpc) is 0. The summed E-state index contributed by atoms with van der Waals surface area (Å²) >= 11 is 0. The van der Waals surface area contributed by atoms with Gasteiger partial charge < -0.3 is 0 Å². The van der Waals surface area contributed by atoms with E-state index in [1.165, 1.54) is 0 Å². The van der Waals surface area contributed by atoms with Crippen molar-refractivity contribution in [2.75, 3.05) is 0 Å². The molecule has 0 saturated carbocycles. The van der Waals surface area contributed by atoms with Crippen molar-refractivity contribution in [2.24, 2.45) is 0 Å². The minimum Gasteiger partial charge on any atom is -0.197 e. The third-order valence-electron chi connectivity index (χ3n) is 0. The number of hydrogen-bond acceptors (Lipinski definition) is 0. The fraction of sp³-hybridized carbons (Fsp3) is 0. The van der Waals surface area contributed by atoms with Gasteiger partial charge in [-0.25, -0.2) is 0 Å². The minimum absolute atomic E-state index is 0. The predicted octanol–water partition coefficient (Wildman–Crippen LogP) is 0.509. The highest BCUT2D eigenvalue weighted by Crippen LogP contribution is 0.861. The van der Waals surface area contributed by atoms with E-state index in [-0.39, 0.29) is 63.9 Å². The molecule has 0 aromatic heterocycles. The second-order valence-corrected chi connectivity index (χ2v) is 0. The fourth-order valence-corrected chi connectivity index (χ4v) is 0. The van der Waals surface area contributed by atoms with Crippen LogP contribution in [0.5, 0.6) is 0 Å². The van der Waals surface area contributed by atoms with Crippen LogP contribution in [0.1, 0.15) is 0 Å². The maximum atomic E-state index is 0. The number of hydrogen-bond donors (Lipinski definition) is 0. The molecule has 0 aliphatic rings. The molecule has 5 heavy (non-hydrogen) atoms. The Labute approximate surface area is 63.9 Å². The van der Waals surface area contributed by atoms with Crippen molar-refractivity contribution in [1.82, 2.24) is 0 Å². The van der Waals surface area contributed by atoms with Crippen molar-refractivity contribution in [3.8, 4) is 0 Å². The lowest BCUT2D eigenvalue weighted by Crippen LogP contribution is 0.647. The molecule has 0 amide bonds. The highest BCUT2D eigenvalue weighted by molar-refractivity contribution is 7.59. The lowest BCUT2D eigenvalue weighted by atomic mass is 31.0. The summed E-state index contributed by atoms with van der Waals surface area (Å²) in [6.07, 6.45) is 0. The SMILES string of the molecule is P.S.S.S.S. The molecule has 0 aromatic rings. The maximum absolute atomic E-state index is 0. The summed E-state index contributed by atoms with van der Waals surface area (Å²) < 4.78 is 0. The summed E-state index contributed by atoms with van der Waals surface area (Å²) in [5.74, 6) is 0. The van der Waals surface area contributed by atoms with Gasteiger partial charge in [0.05, 0.1) is 0 Å². The monoisotopic (exact) mass is 170 g/mol. The van der Waals surface area contributed by atoms with Gasteiger partial charge in [0.25, 0.3) is 0 Å². The molecule has 0 fully saturated rings. The van der Waals surface area contributed by atoms with Crippen molar-refractivity contribution in [2.45, 2.75) is 0 Å². The molecule has 0 saturated heterocycles. The summed E-state index contributed by atoms with van der Waals surface area (Å²) in [5, 5.41) is 0. The second kappa shape index (κ2) is 40.6. The Hall–Kier alpha value is 1.83. The third kappa shape index (κ3) is 25.5. The summed E-state index contributed by atoms with van der Waals surface area (Å²) in [5.41, 5.74) is 0. The summed E-state index contributed by atoms with van der Waals surface area (Å²) in [4.78, 5) is 0. The molecule has 0 radical (unpaired) electrons. The Morgan fingerprint density at radius 1 is 0.400 bits per heavy atom. The van der Waals surface area contributed by atoms with Crippen LogP contribution in [0.3, 0.4) is 0 Å². The zero-order valence-electron chi connectivity index (χ0n) is 2.71. The Balaban J connectivity index is 0. The van der Waals surface area contributed by atoms with Crippen LogP contribution in [0.15, 0.2) is 0 Å². The maximum Gasteiger partial charge on any atom is -0.153 e. The number of rotatable bonds is 0. The van der Waals surface area contributed by atoms with Gasteiger partial charge in [-0.2, -0.15) is 63.9 Å². The summed E-state index contributed by atoms with van der Waals surface area (Å²) in [6.45, 7) is 0. The van der Waals surface area contributed by atoms with Crippen LogP contribution in [-0.4, -0.2) is 0 Å². The Morgan fingerprint density at radius 3 is 0.400 bits per heavy atom. The van der Waals surface area contributed by atoms with Crippen molar-refractivity contribution in [3.05, 3.63) is 0 Å². The minimum atomic E-state index is 0. The van der Waals surface area contributed by atoms with E-state index in [0.717, 1.165) is 0 Å². The van der Waals surface area contributed by atoms with Crippen molar-refractivity contribution in [3.63, 3.8) is 0 Å². The van der Waals surface area contributed by atoms with Crippen LogP contribution in [0, 0.1) is 0 Å². The van der Waals surface area contributed by atoms with E-state index in [4.69, 9.17) is 0 Å². The Kier molecular flexibility index (Phi) is 563. The molecule has 0 heterocycles. The molecule has 40 valence electrons. The first kappa shape index (κ1) is 69.3. The summed E-state index contributed by atoms with van der Waals surface area (Å²) in [6, 6.07) is 0. The molecule has 0 aliphatic carbocycles. The van der Waals surface area contributed by atoms with E-state index < -0.39 is 0 Å². The third-order valence-corrected chi connectivity index (χ3v) is 0. The molecule has 0 aromatic carbocycles. The molecule has 0 rings (SSSR count). The molecule has 0 N–H and O–H groups in total. The Bertz CT molecular complexity index is 3.61. The van der Waals surface area contributed by atoms with Gasteiger partial charge in [0, 0.05) is 0 Å². The first-order valence-electron chi connectivity index (χ1n) is 0. The zero-order chi connectivity index (χ0) is 0. The molecule has 5 heteroatoms. The molecule has 0 aliphatic heterocycles. The lowest BCUT2D eigenvalue weighted by Gasteiger charge is -0.198. The molecular formula is H11PS4. The van der Waals surface area contributed by atoms with E-state index in [1.54, 1.807) is 0 Å². The smallest absolute Gasteiger partial charge is 0.153 e. The van der Waals surface area contributed by atoms with E-state index in [1.807, 2.05) is 0 Å². The van der Waals surface area contributed by atoms with E-state index in [0.29, 0.717) is 0 Å². The molecule has 0 bridgehead atoms. The standard InChI is InChI=1S/H3P.4H2S/h1H3;4*1H2. The first-order valence-corrected chi connectivity index (χ1v) is 0. The second-order valence-electron chi connectivity index (χ2n) is 0. The fourth-order valence-electron chi connectivity index (χ4n) is 0. The van der Waals surface area contributed by atoms with Crippen molar-refractivity contribution >= 4 is 63.9 Å². The van der Waals surface area contributed by atoms with Gasteiger partial charge in [0.1, 0.15) is 0 Å². The topological polar surface area (TPSA) is 0 Å². The highest BCUT2D eigenvalue weighted by atomic mass is 32.1. The molecule has 1 unspecified atom stereocenters.